The van der Waals surface area contributed by atoms with Crippen LogP contribution >= 0.6 is 23.2 Å². The molecule has 1 aliphatic rings. The molecule has 2 N–H and O–H groups in total. The summed E-state index contributed by atoms with van der Waals surface area (Å²) in [7, 11) is 0. The molecular formula is C15H13Cl2NO2. The fourth-order valence-electron chi connectivity index (χ4n) is 2.35. The summed E-state index contributed by atoms with van der Waals surface area (Å²) in [5, 5.41) is 13.4. The molecule has 0 aromatic heterocycles. The van der Waals surface area contributed by atoms with Crippen molar-refractivity contribution in [3.8, 4) is 5.75 Å². The van der Waals surface area contributed by atoms with Gasteiger partial charge < -0.3 is 15.2 Å². The zero-order chi connectivity index (χ0) is 14.1. The Bertz CT molecular complexity index is 623. The van der Waals surface area contributed by atoms with Crippen LogP contribution in [0.1, 0.15) is 17.2 Å². The Morgan fingerprint density at radius 3 is 2.60 bits per heavy atom. The first-order valence-corrected chi connectivity index (χ1v) is 7.01. The van der Waals surface area contributed by atoms with Crippen LogP contribution < -0.4 is 5.32 Å². The Morgan fingerprint density at radius 1 is 1.15 bits per heavy atom. The lowest BCUT2D eigenvalue weighted by Gasteiger charge is -2.27. The molecule has 5 heteroatoms. The fraction of sp³-hybridized carbons (Fsp3) is 0.200. The molecule has 1 heterocycles. The van der Waals surface area contributed by atoms with E-state index in [1.165, 1.54) is 11.1 Å². The van der Waals surface area contributed by atoms with Crippen molar-refractivity contribution >= 4 is 28.9 Å². The Balaban J connectivity index is 1.89. The topological polar surface area (TPSA) is 41.5 Å². The summed E-state index contributed by atoms with van der Waals surface area (Å²) in [5.41, 5.74) is 3.13. The summed E-state index contributed by atoms with van der Waals surface area (Å²) in [6.07, 6.45) is 0. The number of ether oxygens (including phenoxy) is 1. The van der Waals surface area contributed by atoms with Crippen LogP contribution in [0.25, 0.3) is 0 Å². The van der Waals surface area contributed by atoms with Gasteiger partial charge >= 0.3 is 0 Å². The number of fused-ring (bicyclic) bond motifs is 1. The van der Waals surface area contributed by atoms with Gasteiger partial charge in [0.1, 0.15) is 0 Å². The first-order valence-electron chi connectivity index (χ1n) is 6.25. The lowest BCUT2D eigenvalue weighted by atomic mass is 9.99. The fourth-order valence-corrected chi connectivity index (χ4v) is 2.84. The van der Waals surface area contributed by atoms with E-state index in [1.54, 1.807) is 12.1 Å². The van der Waals surface area contributed by atoms with Crippen LogP contribution in [0.4, 0.5) is 5.69 Å². The summed E-state index contributed by atoms with van der Waals surface area (Å²) in [6.45, 7) is 1.21. The lowest BCUT2D eigenvalue weighted by molar-refractivity contribution is 0.0970. The monoisotopic (exact) mass is 309 g/mol. The van der Waals surface area contributed by atoms with Crippen LogP contribution in [0.5, 0.6) is 5.75 Å². The second-order valence-electron chi connectivity index (χ2n) is 4.70. The summed E-state index contributed by atoms with van der Waals surface area (Å²) < 4.78 is 5.59. The number of hydrogen-bond donors (Lipinski definition) is 2. The maximum atomic E-state index is 9.58. The highest BCUT2D eigenvalue weighted by molar-refractivity contribution is 6.37. The number of aromatic hydroxyl groups is 1. The molecule has 1 unspecified atom stereocenters. The Labute approximate surface area is 127 Å². The van der Waals surface area contributed by atoms with Crippen molar-refractivity contribution in [2.24, 2.45) is 0 Å². The molecule has 104 valence electrons. The minimum atomic E-state index is -0.0980. The van der Waals surface area contributed by atoms with E-state index in [1.807, 2.05) is 12.1 Å². The second-order valence-corrected chi connectivity index (χ2v) is 5.51. The van der Waals surface area contributed by atoms with Gasteiger partial charge in [-0.25, -0.2) is 0 Å². The van der Waals surface area contributed by atoms with E-state index in [9.17, 15) is 5.11 Å². The molecule has 0 bridgehead atoms. The van der Waals surface area contributed by atoms with E-state index in [4.69, 9.17) is 27.9 Å². The molecule has 0 radical (unpaired) electrons. The molecule has 2 aromatic carbocycles. The maximum absolute atomic E-state index is 9.58. The van der Waals surface area contributed by atoms with Gasteiger partial charge in [0.15, 0.2) is 5.75 Å². The molecule has 0 saturated carbocycles. The minimum absolute atomic E-state index is 0.0385. The molecular weight excluding hydrogens is 297 g/mol. The van der Waals surface area contributed by atoms with Crippen molar-refractivity contribution in [1.29, 1.82) is 0 Å². The number of phenolic OH excluding ortho intramolecular Hbond substituents is 1. The van der Waals surface area contributed by atoms with Gasteiger partial charge in [0, 0.05) is 5.69 Å². The standard InChI is InChI=1S/C15H13Cl2NO2/c16-12-5-10(6-13(17)15(12)19)18-14-8-20-7-9-3-1-2-4-11(9)14/h1-6,14,18-19H,7-8H2. The summed E-state index contributed by atoms with van der Waals surface area (Å²) >= 11 is 11.9. The van der Waals surface area contributed by atoms with E-state index in [2.05, 4.69) is 17.4 Å². The van der Waals surface area contributed by atoms with E-state index in [-0.39, 0.29) is 21.8 Å². The van der Waals surface area contributed by atoms with Gasteiger partial charge in [0.25, 0.3) is 0 Å². The number of benzene rings is 2. The smallest absolute Gasteiger partial charge is 0.152 e. The van der Waals surface area contributed by atoms with Crippen molar-refractivity contribution in [1.82, 2.24) is 0 Å². The van der Waals surface area contributed by atoms with Crippen LogP contribution in [0, 0.1) is 0 Å². The molecule has 0 spiro atoms. The molecule has 2 aromatic rings. The van der Waals surface area contributed by atoms with Crippen molar-refractivity contribution in [3.05, 3.63) is 57.6 Å². The van der Waals surface area contributed by atoms with Crippen LogP contribution in [0.15, 0.2) is 36.4 Å². The quantitative estimate of drug-likeness (QED) is 0.809. The molecule has 0 aliphatic carbocycles. The van der Waals surface area contributed by atoms with E-state index >= 15 is 0 Å². The number of halogens is 2. The van der Waals surface area contributed by atoms with Gasteiger partial charge in [0.2, 0.25) is 0 Å². The highest BCUT2D eigenvalue weighted by Crippen LogP contribution is 2.36. The van der Waals surface area contributed by atoms with Crippen molar-refractivity contribution in [2.75, 3.05) is 11.9 Å². The van der Waals surface area contributed by atoms with Crippen molar-refractivity contribution in [2.45, 2.75) is 12.6 Å². The molecule has 1 aliphatic heterocycles. The third-order valence-electron chi connectivity index (χ3n) is 3.33. The summed E-state index contributed by atoms with van der Waals surface area (Å²) in [6, 6.07) is 11.5. The Kier molecular flexibility index (Phi) is 3.74. The first kappa shape index (κ1) is 13.6. The lowest BCUT2D eigenvalue weighted by Crippen LogP contribution is -2.23. The zero-order valence-corrected chi connectivity index (χ0v) is 12.1. The van der Waals surface area contributed by atoms with Gasteiger partial charge in [-0.3, -0.25) is 0 Å². The zero-order valence-electron chi connectivity index (χ0n) is 10.6. The largest absolute Gasteiger partial charge is 0.505 e. The Morgan fingerprint density at radius 2 is 1.85 bits per heavy atom. The molecule has 1 atom stereocenters. The van der Waals surface area contributed by atoms with Gasteiger partial charge in [-0.1, -0.05) is 47.5 Å². The van der Waals surface area contributed by atoms with Crippen molar-refractivity contribution < 1.29 is 9.84 Å². The predicted octanol–water partition coefficient (Wildman–Crippen LogP) is 4.38. The normalized spacial score (nSPS) is 17.6. The highest BCUT2D eigenvalue weighted by Gasteiger charge is 2.20. The number of anilines is 1. The van der Waals surface area contributed by atoms with Gasteiger partial charge in [-0.15, -0.1) is 0 Å². The van der Waals surface area contributed by atoms with Crippen LogP contribution in [0.2, 0.25) is 10.0 Å². The first-order chi connectivity index (χ1) is 9.65. The summed E-state index contributed by atoms with van der Waals surface area (Å²) in [4.78, 5) is 0. The van der Waals surface area contributed by atoms with E-state index in [0.717, 1.165) is 5.69 Å². The predicted molar refractivity (Wildman–Crippen MR) is 80.6 cm³/mol. The maximum Gasteiger partial charge on any atom is 0.152 e. The van der Waals surface area contributed by atoms with Crippen LogP contribution in [-0.2, 0) is 11.3 Å². The third kappa shape index (κ3) is 2.57. The molecule has 0 saturated heterocycles. The van der Waals surface area contributed by atoms with Crippen LogP contribution in [-0.4, -0.2) is 11.7 Å². The van der Waals surface area contributed by atoms with Crippen LogP contribution in [0.3, 0.4) is 0 Å². The second kappa shape index (κ2) is 5.52. The molecule has 3 rings (SSSR count). The molecule has 0 amide bonds. The number of hydrogen-bond acceptors (Lipinski definition) is 3. The number of phenols is 1. The highest BCUT2D eigenvalue weighted by atomic mass is 35.5. The number of nitrogens with one attached hydrogen (secondary N) is 1. The molecule has 3 nitrogen and oxygen atoms in total. The molecule has 20 heavy (non-hydrogen) atoms. The van der Waals surface area contributed by atoms with Crippen molar-refractivity contribution in [3.63, 3.8) is 0 Å². The average Bonchev–Trinajstić information content (AvgIpc) is 2.45. The van der Waals surface area contributed by atoms with Gasteiger partial charge in [0.05, 0.1) is 29.3 Å². The average molecular weight is 310 g/mol. The van der Waals surface area contributed by atoms with Gasteiger partial charge in [-0.05, 0) is 23.3 Å². The van der Waals surface area contributed by atoms with E-state index < -0.39 is 0 Å². The number of rotatable bonds is 2. The summed E-state index contributed by atoms with van der Waals surface area (Å²) in [5.74, 6) is -0.0980. The third-order valence-corrected chi connectivity index (χ3v) is 3.91. The SMILES string of the molecule is Oc1c(Cl)cc(NC2COCc3ccccc32)cc1Cl. The van der Waals surface area contributed by atoms with E-state index in [0.29, 0.717) is 13.2 Å². The minimum Gasteiger partial charge on any atom is -0.505 e. The molecule has 0 fully saturated rings. The Hall–Kier alpha value is -1.42. The van der Waals surface area contributed by atoms with Gasteiger partial charge in [-0.2, -0.15) is 0 Å².